The Morgan fingerprint density at radius 2 is 1.84 bits per heavy atom. The number of anilines is 1. The van der Waals surface area contributed by atoms with E-state index in [1.807, 2.05) is 43.3 Å². The smallest absolute Gasteiger partial charge is 0.266 e. The van der Waals surface area contributed by atoms with Crippen LogP contribution >= 0.6 is 23.2 Å². The molecule has 3 rings (SSSR count). The average molecular weight is 467 g/mol. The monoisotopic (exact) mass is 466 g/mol. The lowest BCUT2D eigenvalue weighted by atomic mass is 10.1. The van der Waals surface area contributed by atoms with Gasteiger partial charge < -0.3 is 14.8 Å². The molecule has 7 heteroatoms. The minimum absolute atomic E-state index is 0.0683. The lowest BCUT2D eigenvalue weighted by Crippen LogP contribution is -2.14. The number of nitriles is 1. The summed E-state index contributed by atoms with van der Waals surface area (Å²) in [6.45, 7) is 2.14. The molecular weight excluding hydrogens is 447 g/mol. The van der Waals surface area contributed by atoms with Crippen LogP contribution in [-0.4, -0.2) is 13.0 Å². The van der Waals surface area contributed by atoms with E-state index >= 15 is 0 Å². The van der Waals surface area contributed by atoms with Gasteiger partial charge in [-0.25, -0.2) is 0 Å². The van der Waals surface area contributed by atoms with Gasteiger partial charge in [-0.15, -0.1) is 0 Å². The number of hydrogen-bond acceptors (Lipinski definition) is 4. The second-order valence-corrected chi connectivity index (χ2v) is 7.73. The first-order valence-electron chi connectivity index (χ1n) is 9.65. The van der Waals surface area contributed by atoms with E-state index in [0.29, 0.717) is 32.8 Å². The van der Waals surface area contributed by atoms with Crippen molar-refractivity contribution in [2.75, 3.05) is 12.4 Å². The zero-order valence-corrected chi connectivity index (χ0v) is 19.0. The van der Waals surface area contributed by atoms with E-state index in [4.69, 9.17) is 32.7 Å². The predicted molar refractivity (Wildman–Crippen MR) is 127 cm³/mol. The van der Waals surface area contributed by atoms with Crippen molar-refractivity contribution in [3.63, 3.8) is 0 Å². The molecule has 0 aromatic heterocycles. The van der Waals surface area contributed by atoms with Gasteiger partial charge in [0.25, 0.3) is 5.91 Å². The number of rotatable bonds is 7. The summed E-state index contributed by atoms with van der Waals surface area (Å²) in [4.78, 5) is 12.6. The molecule has 0 fully saturated rings. The largest absolute Gasteiger partial charge is 0.493 e. The number of nitrogens with zero attached hydrogens (tertiary/aromatic N) is 1. The Morgan fingerprint density at radius 1 is 1.12 bits per heavy atom. The molecule has 5 nitrogen and oxygen atoms in total. The van der Waals surface area contributed by atoms with Gasteiger partial charge in [0.2, 0.25) is 0 Å². The first kappa shape index (κ1) is 23.2. The van der Waals surface area contributed by atoms with Crippen LogP contribution in [0.2, 0.25) is 10.0 Å². The highest BCUT2D eigenvalue weighted by atomic mass is 35.5. The fraction of sp³-hybridized carbons (Fsp3) is 0.120. The van der Waals surface area contributed by atoms with Crippen molar-refractivity contribution in [1.82, 2.24) is 0 Å². The van der Waals surface area contributed by atoms with E-state index in [1.54, 1.807) is 30.3 Å². The number of aryl methyl sites for hydroxylation is 1. The summed E-state index contributed by atoms with van der Waals surface area (Å²) in [7, 11) is 1.49. The minimum atomic E-state index is -0.514. The second-order valence-electron chi connectivity index (χ2n) is 6.89. The maximum Gasteiger partial charge on any atom is 0.266 e. The Kier molecular flexibility index (Phi) is 7.77. The third-order valence-corrected chi connectivity index (χ3v) is 5.15. The summed E-state index contributed by atoms with van der Waals surface area (Å²) >= 11 is 12.3. The molecule has 0 aliphatic carbocycles. The van der Waals surface area contributed by atoms with Crippen molar-refractivity contribution in [3.05, 3.63) is 93.0 Å². The Labute approximate surface area is 196 Å². The molecule has 0 saturated carbocycles. The molecular formula is C25H20Cl2N2O3. The van der Waals surface area contributed by atoms with Crippen LogP contribution < -0.4 is 14.8 Å². The quantitative estimate of drug-likeness (QED) is 0.321. The zero-order valence-electron chi connectivity index (χ0n) is 17.5. The van der Waals surface area contributed by atoms with E-state index in [2.05, 4.69) is 5.32 Å². The Balaban J connectivity index is 1.82. The molecule has 0 aliphatic heterocycles. The average Bonchev–Trinajstić information content (AvgIpc) is 2.79. The number of para-hydroxylation sites is 1. The van der Waals surface area contributed by atoms with Crippen LogP contribution in [0.15, 0.2) is 66.2 Å². The second kappa shape index (κ2) is 10.7. The van der Waals surface area contributed by atoms with E-state index in [9.17, 15) is 10.1 Å². The van der Waals surface area contributed by atoms with Gasteiger partial charge in [0.05, 0.1) is 12.1 Å². The summed E-state index contributed by atoms with van der Waals surface area (Å²) < 4.78 is 11.3. The minimum Gasteiger partial charge on any atom is -0.493 e. The molecule has 0 radical (unpaired) electrons. The van der Waals surface area contributed by atoms with Crippen molar-refractivity contribution in [1.29, 1.82) is 5.26 Å². The summed E-state index contributed by atoms with van der Waals surface area (Å²) in [5.41, 5.74) is 2.91. The number of amides is 1. The third-order valence-electron chi connectivity index (χ3n) is 4.62. The van der Waals surface area contributed by atoms with Crippen LogP contribution in [0.1, 0.15) is 16.7 Å². The molecule has 0 spiro atoms. The summed E-state index contributed by atoms with van der Waals surface area (Å²) in [6, 6.07) is 19.8. The van der Waals surface area contributed by atoms with E-state index in [1.165, 1.54) is 13.2 Å². The number of hydrogen-bond donors (Lipinski definition) is 1. The number of nitrogens with one attached hydrogen (secondary N) is 1. The van der Waals surface area contributed by atoms with Gasteiger partial charge in [0, 0.05) is 10.7 Å². The number of carbonyl (C=O) groups is 1. The van der Waals surface area contributed by atoms with Crippen LogP contribution in [0.4, 0.5) is 5.69 Å². The number of halogens is 2. The highest BCUT2D eigenvalue weighted by molar-refractivity contribution is 6.32. The molecule has 32 heavy (non-hydrogen) atoms. The molecule has 0 aliphatic rings. The van der Waals surface area contributed by atoms with Gasteiger partial charge >= 0.3 is 0 Å². The topological polar surface area (TPSA) is 71.3 Å². The van der Waals surface area contributed by atoms with Gasteiger partial charge in [-0.1, -0.05) is 53.5 Å². The standard InChI is InChI=1S/C25H20Cl2N2O3/c1-16-5-3-4-6-22(16)29-25(30)19(14-28)11-18-12-21(27)24(23(13-18)31-2)32-15-17-7-9-20(26)10-8-17/h3-13H,15H2,1-2H3,(H,29,30)/b19-11-. The highest BCUT2D eigenvalue weighted by Gasteiger charge is 2.15. The normalized spacial score (nSPS) is 10.9. The molecule has 0 bridgehead atoms. The van der Waals surface area contributed by atoms with Crippen molar-refractivity contribution in [3.8, 4) is 17.6 Å². The van der Waals surface area contributed by atoms with E-state index < -0.39 is 5.91 Å². The maximum absolute atomic E-state index is 12.6. The number of carbonyl (C=O) groups excluding carboxylic acids is 1. The predicted octanol–water partition coefficient (Wildman–Crippen LogP) is 6.44. The molecule has 0 unspecified atom stereocenters. The molecule has 1 N–H and O–H groups in total. The van der Waals surface area contributed by atoms with Crippen LogP contribution in [0.5, 0.6) is 11.5 Å². The first-order valence-corrected chi connectivity index (χ1v) is 10.4. The molecule has 1 amide bonds. The molecule has 0 heterocycles. The van der Waals surface area contributed by atoms with Crippen LogP contribution in [0.25, 0.3) is 6.08 Å². The van der Waals surface area contributed by atoms with Gasteiger partial charge in [-0.3, -0.25) is 4.79 Å². The van der Waals surface area contributed by atoms with Gasteiger partial charge in [0.15, 0.2) is 11.5 Å². The molecule has 0 saturated heterocycles. The SMILES string of the molecule is COc1cc(/C=C(/C#N)C(=O)Nc2ccccc2C)cc(Cl)c1OCc1ccc(Cl)cc1. The van der Waals surface area contributed by atoms with Crippen molar-refractivity contribution in [2.24, 2.45) is 0 Å². The van der Waals surface area contributed by atoms with Crippen molar-refractivity contribution < 1.29 is 14.3 Å². The summed E-state index contributed by atoms with van der Waals surface area (Å²) in [5.74, 6) is 0.235. The van der Waals surface area contributed by atoms with Crippen molar-refractivity contribution in [2.45, 2.75) is 13.5 Å². The third kappa shape index (κ3) is 5.82. The lowest BCUT2D eigenvalue weighted by Gasteiger charge is -2.14. The molecule has 3 aromatic carbocycles. The fourth-order valence-electron chi connectivity index (χ4n) is 2.92. The Hall–Kier alpha value is -3.46. The maximum atomic E-state index is 12.6. The number of ether oxygens (including phenoxy) is 2. The Morgan fingerprint density at radius 3 is 2.50 bits per heavy atom. The van der Waals surface area contributed by atoms with Gasteiger partial charge in [0.1, 0.15) is 18.2 Å². The lowest BCUT2D eigenvalue weighted by molar-refractivity contribution is -0.112. The summed E-state index contributed by atoms with van der Waals surface area (Å²) in [6.07, 6.45) is 1.45. The van der Waals surface area contributed by atoms with Crippen LogP contribution in [-0.2, 0) is 11.4 Å². The van der Waals surface area contributed by atoms with Gasteiger partial charge in [-0.05, 0) is 60.0 Å². The fourth-order valence-corrected chi connectivity index (χ4v) is 3.32. The molecule has 162 valence electrons. The van der Waals surface area contributed by atoms with Gasteiger partial charge in [-0.2, -0.15) is 5.26 Å². The Bertz CT molecular complexity index is 1200. The first-order chi connectivity index (χ1) is 15.4. The molecule has 3 aromatic rings. The van der Waals surface area contributed by atoms with Crippen LogP contribution in [0.3, 0.4) is 0 Å². The van der Waals surface area contributed by atoms with Crippen LogP contribution in [0, 0.1) is 18.3 Å². The van der Waals surface area contributed by atoms with E-state index in [0.717, 1.165) is 11.1 Å². The number of benzene rings is 3. The zero-order chi connectivity index (χ0) is 23.1. The van der Waals surface area contributed by atoms with E-state index in [-0.39, 0.29) is 12.2 Å². The van der Waals surface area contributed by atoms with Crippen molar-refractivity contribution >= 4 is 40.9 Å². The summed E-state index contributed by atoms with van der Waals surface area (Å²) in [5, 5.41) is 13.2. The highest BCUT2D eigenvalue weighted by Crippen LogP contribution is 2.37. The number of methoxy groups -OCH3 is 1. The molecule has 0 atom stereocenters.